The Balaban J connectivity index is 1.80. The minimum absolute atomic E-state index is 0.0593. The van der Waals surface area contributed by atoms with Crippen LogP contribution in [-0.4, -0.2) is 37.9 Å². The van der Waals surface area contributed by atoms with E-state index in [-0.39, 0.29) is 11.3 Å². The van der Waals surface area contributed by atoms with Crippen molar-refractivity contribution >= 4 is 11.6 Å². The van der Waals surface area contributed by atoms with Gasteiger partial charge in [-0.1, -0.05) is 0 Å². The minimum Gasteiger partial charge on any atom is -0.476 e. The molecule has 7 heteroatoms. The van der Waals surface area contributed by atoms with E-state index >= 15 is 0 Å². The van der Waals surface area contributed by atoms with E-state index in [1.54, 1.807) is 6.20 Å². The lowest BCUT2D eigenvalue weighted by Crippen LogP contribution is -2.33. The van der Waals surface area contributed by atoms with Crippen molar-refractivity contribution in [2.75, 3.05) is 6.61 Å². The van der Waals surface area contributed by atoms with Crippen molar-refractivity contribution < 1.29 is 14.6 Å². The minimum atomic E-state index is -1.12. The Morgan fingerprint density at radius 1 is 1.48 bits per heavy atom. The molecule has 0 spiro atoms. The zero-order valence-electron chi connectivity index (χ0n) is 14.3. The van der Waals surface area contributed by atoms with Crippen LogP contribution in [-0.2, 0) is 10.2 Å². The highest BCUT2D eigenvalue weighted by Crippen LogP contribution is 2.50. The van der Waals surface area contributed by atoms with Crippen LogP contribution in [0.3, 0.4) is 0 Å². The number of nitriles is 1. The largest absolute Gasteiger partial charge is 0.476 e. The maximum atomic E-state index is 11.6. The van der Waals surface area contributed by atoms with Gasteiger partial charge in [0.2, 0.25) is 0 Å². The molecule has 2 aromatic rings. The predicted octanol–water partition coefficient (Wildman–Crippen LogP) is 2.66. The van der Waals surface area contributed by atoms with E-state index in [2.05, 4.69) is 30.0 Å². The molecule has 25 heavy (non-hydrogen) atoms. The number of ether oxygens (including phenoxy) is 1. The monoisotopic (exact) mass is 340 g/mol. The summed E-state index contributed by atoms with van der Waals surface area (Å²) in [5.74, 6) is -0.816. The number of aromatic nitrogens is 3. The number of rotatable bonds is 3. The number of hydrogen-bond acceptors (Lipinski definition) is 5. The smallest absolute Gasteiger partial charge is 0.356 e. The van der Waals surface area contributed by atoms with E-state index < -0.39 is 11.4 Å². The topological polar surface area (TPSA) is 101 Å². The molecular formula is C18H20N4O3. The standard InChI is InChI=1S/C18H20N4O3/c1-17(2)7-11(3-6-25-17)12-8-20-15-13(18(10-19)4-5-18)14(16(23)24)21-22(15)9-12/h8-9,11H,3-7H2,1-2H3,(H,23,24). The average molecular weight is 340 g/mol. The van der Waals surface area contributed by atoms with Gasteiger partial charge in [-0.3, -0.25) is 0 Å². The van der Waals surface area contributed by atoms with Crippen LogP contribution in [0.5, 0.6) is 0 Å². The van der Waals surface area contributed by atoms with Gasteiger partial charge in [-0.05, 0) is 51.0 Å². The normalized spacial score (nSPS) is 24.0. The van der Waals surface area contributed by atoms with Crippen LogP contribution in [0.4, 0.5) is 0 Å². The molecular weight excluding hydrogens is 320 g/mol. The van der Waals surface area contributed by atoms with E-state index in [9.17, 15) is 15.2 Å². The van der Waals surface area contributed by atoms with E-state index in [1.807, 2.05) is 6.20 Å². The Bertz CT molecular complexity index is 905. The number of hydrogen-bond donors (Lipinski definition) is 1. The quantitative estimate of drug-likeness (QED) is 0.922. The lowest BCUT2D eigenvalue weighted by atomic mass is 9.85. The van der Waals surface area contributed by atoms with Gasteiger partial charge in [0.1, 0.15) is 0 Å². The van der Waals surface area contributed by atoms with Crippen molar-refractivity contribution in [3.05, 3.63) is 29.2 Å². The first-order valence-electron chi connectivity index (χ1n) is 8.52. The van der Waals surface area contributed by atoms with Crippen molar-refractivity contribution in [2.24, 2.45) is 0 Å². The van der Waals surface area contributed by atoms with Gasteiger partial charge in [0.25, 0.3) is 0 Å². The molecule has 1 aliphatic heterocycles. The van der Waals surface area contributed by atoms with Gasteiger partial charge in [-0.25, -0.2) is 14.3 Å². The second kappa shape index (κ2) is 5.27. The molecule has 7 nitrogen and oxygen atoms in total. The third kappa shape index (κ3) is 2.57. The Morgan fingerprint density at radius 2 is 2.24 bits per heavy atom. The van der Waals surface area contributed by atoms with E-state index in [4.69, 9.17) is 4.74 Å². The van der Waals surface area contributed by atoms with Crippen LogP contribution in [0.1, 0.15) is 67.1 Å². The van der Waals surface area contributed by atoms with Crippen LogP contribution < -0.4 is 0 Å². The van der Waals surface area contributed by atoms with Gasteiger partial charge in [-0.2, -0.15) is 10.4 Å². The molecule has 2 fully saturated rings. The molecule has 4 rings (SSSR count). The first-order valence-corrected chi connectivity index (χ1v) is 8.52. The third-order valence-corrected chi connectivity index (χ3v) is 5.31. The van der Waals surface area contributed by atoms with Crippen LogP contribution in [0.2, 0.25) is 0 Å². The van der Waals surface area contributed by atoms with Crippen LogP contribution in [0, 0.1) is 11.3 Å². The molecule has 2 aromatic heterocycles. The van der Waals surface area contributed by atoms with Crippen molar-refractivity contribution in [3.8, 4) is 6.07 Å². The highest BCUT2D eigenvalue weighted by Gasteiger charge is 2.50. The zero-order chi connectivity index (χ0) is 17.8. The van der Waals surface area contributed by atoms with Gasteiger partial charge in [0.05, 0.1) is 22.6 Å². The molecule has 1 aliphatic carbocycles. The molecule has 1 atom stereocenters. The number of nitrogens with zero attached hydrogens (tertiary/aromatic N) is 4. The summed E-state index contributed by atoms with van der Waals surface area (Å²) in [6.07, 6.45) is 6.75. The second-order valence-electron chi connectivity index (χ2n) is 7.68. The van der Waals surface area contributed by atoms with Crippen molar-refractivity contribution in [1.82, 2.24) is 14.6 Å². The fourth-order valence-electron chi connectivity index (χ4n) is 3.81. The molecule has 3 heterocycles. The van der Waals surface area contributed by atoms with Crippen LogP contribution >= 0.6 is 0 Å². The average Bonchev–Trinajstić information content (AvgIpc) is 3.26. The van der Waals surface area contributed by atoms with Crippen LogP contribution in [0.15, 0.2) is 12.4 Å². The summed E-state index contributed by atoms with van der Waals surface area (Å²) in [6, 6.07) is 2.26. The van der Waals surface area contributed by atoms with Gasteiger partial charge in [-0.15, -0.1) is 0 Å². The fraction of sp³-hybridized carbons (Fsp3) is 0.556. The summed E-state index contributed by atoms with van der Waals surface area (Å²) in [5, 5.41) is 23.2. The van der Waals surface area contributed by atoms with E-state index in [0.717, 1.165) is 18.4 Å². The van der Waals surface area contributed by atoms with Gasteiger partial charge in [0, 0.05) is 19.0 Å². The number of fused-ring (bicyclic) bond motifs is 1. The predicted molar refractivity (Wildman–Crippen MR) is 88.5 cm³/mol. The molecule has 0 aromatic carbocycles. The Kier molecular flexibility index (Phi) is 3.38. The van der Waals surface area contributed by atoms with E-state index in [1.165, 1.54) is 4.52 Å². The van der Waals surface area contributed by atoms with Gasteiger partial charge in [0.15, 0.2) is 11.3 Å². The lowest BCUT2D eigenvalue weighted by molar-refractivity contribution is -0.0593. The van der Waals surface area contributed by atoms with E-state index in [0.29, 0.717) is 36.6 Å². The number of carboxylic acid groups (broad SMARTS) is 1. The lowest BCUT2D eigenvalue weighted by Gasteiger charge is -2.35. The molecule has 0 bridgehead atoms. The number of carboxylic acids is 1. The molecule has 0 radical (unpaired) electrons. The molecule has 1 unspecified atom stereocenters. The summed E-state index contributed by atoms with van der Waals surface area (Å²) in [4.78, 5) is 16.1. The summed E-state index contributed by atoms with van der Waals surface area (Å²) in [7, 11) is 0. The Labute approximate surface area is 145 Å². The Hall–Kier alpha value is -2.46. The first-order chi connectivity index (χ1) is 11.9. The van der Waals surface area contributed by atoms with Crippen molar-refractivity contribution in [2.45, 2.75) is 56.5 Å². The maximum Gasteiger partial charge on any atom is 0.356 e. The zero-order valence-corrected chi connectivity index (χ0v) is 14.3. The molecule has 1 saturated carbocycles. The number of aromatic carboxylic acids is 1. The molecule has 2 aliphatic rings. The fourth-order valence-corrected chi connectivity index (χ4v) is 3.81. The first kappa shape index (κ1) is 16.0. The second-order valence-corrected chi connectivity index (χ2v) is 7.68. The molecule has 1 N–H and O–H groups in total. The SMILES string of the molecule is CC1(C)CC(c2cnc3c(C4(C#N)CC4)c(C(=O)O)nn3c2)CCO1. The van der Waals surface area contributed by atoms with Crippen molar-refractivity contribution in [1.29, 1.82) is 5.26 Å². The number of carbonyl (C=O) groups is 1. The van der Waals surface area contributed by atoms with Gasteiger partial charge >= 0.3 is 5.97 Å². The highest BCUT2D eigenvalue weighted by atomic mass is 16.5. The van der Waals surface area contributed by atoms with Crippen molar-refractivity contribution in [3.63, 3.8) is 0 Å². The third-order valence-electron chi connectivity index (χ3n) is 5.31. The summed E-state index contributed by atoms with van der Waals surface area (Å²) in [5.41, 5.74) is 0.976. The summed E-state index contributed by atoms with van der Waals surface area (Å²) in [6.45, 7) is 4.84. The molecule has 1 saturated heterocycles. The van der Waals surface area contributed by atoms with Gasteiger partial charge < -0.3 is 9.84 Å². The van der Waals surface area contributed by atoms with Crippen LogP contribution in [0.25, 0.3) is 5.65 Å². The molecule has 0 amide bonds. The maximum absolute atomic E-state index is 11.6. The highest BCUT2D eigenvalue weighted by molar-refractivity contribution is 5.90. The Morgan fingerprint density at radius 3 is 2.84 bits per heavy atom. The summed E-state index contributed by atoms with van der Waals surface area (Å²) >= 11 is 0. The summed E-state index contributed by atoms with van der Waals surface area (Å²) < 4.78 is 7.31. The molecule has 130 valence electrons.